The van der Waals surface area contributed by atoms with Crippen molar-refractivity contribution in [3.8, 4) is 0 Å². The van der Waals surface area contributed by atoms with E-state index in [4.69, 9.17) is 11.6 Å². The molecular formula is C18H16ClFN2O4S. The molecule has 3 rings (SSSR count). The number of likely N-dealkylation sites (tertiary alicyclic amines) is 1. The third-order valence-corrected chi connectivity index (χ3v) is 6.12. The van der Waals surface area contributed by atoms with Gasteiger partial charge in [-0.1, -0.05) is 23.7 Å². The van der Waals surface area contributed by atoms with Gasteiger partial charge in [0.15, 0.2) is 0 Å². The van der Waals surface area contributed by atoms with Crippen LogP contribution >= 0.6 is 11.6 Å². The Bertz CT molecular complexity index is 1030. The molecule has 1 heterocycles. The van der Waals surface area contributed by atoms with E-state index >= 15 is 0 Å². The van der Waals surface area contributed by atoms with Gasteiger partial charge in [0, 0.05) is 17.1 Å². The summed E-state index contributed by atoms with van der Waals surface area (Å²) >= 11 is 5.80. The number of nitrogens with one attached hydrogen (secondary N) is 1. The number of carbonyl (C=O) groups excluding carboxylic acids is 2. The number of hydrogen-bond acceptors (Lipinski definition) is 4. The number of rotatable bonds is 4. The van der Waals surface area contributed by atoms with Gasteiger partial charge in [-0.2, -0.15) is 0 Å². The lowest BCUT2D eigenvalue weighted by atomic mass is 9.85. The van der Waals surface area contributed by atoms with Crippen molar-refractivity contribution in [2.75, 3.05) is 6.54 Å². The first-order valence-electron chi connectivity index (χ1n) is 8.04. The molecule has 0 radical (unpaired) electrons. The molecule has 27 heavy (non-hydrogen) atoms. The Hall–Kier alpha value is -2.45. The fourth-order valence-corrected chi connectivity index (χ4v) is 4.20. The van der Waals surface area contributed by atoms with Crippen molar-refractivity contribution in [2.45, 2.75) is 23.8 Å². The molecule has 1 unspecified atom stereocenters. The number of halogens is 2. The molecule has 0 aliphatic carbocycles. The van der Waals surface area contributed by atoms with Crippen LogP contribution in [0, 0.1) is 5.82 Å². The third-order valence-electron chi connectivity index (χ3n) is 4.56. The molecule has 9 heteroatoms. The first-order chi connectivity index (χ1) is 12.6. The normalized spacial score (nSPS) is 19.3. The molecule has 1 aliphatic rings. The minimum Gasteiger partial charge on any atom is -0.324 e. The molecule has 0 aromatic heterocycles. The number of hydrogen-bond donors (Lipinski definition) is 1. The summed E-state index contributed by atoms with van der Waals surface area (Å²) in [5.74, 6) is -1.95. The number of benzene rings is 2. The highest BCUT2D eigenvalue weighted by Gasteiger charge is 2.50. The molecular weight excluding hydrogens is 395 g/mol. The van der Waals surface area contributed by atoms with Crippen LogP contribution in [0.5, 0.6) is 0 Å². The van der Waals surface area contributed by atoms with Crippen molar-refractivity contribution in [2.24, 2.45) is 0 Å². The second-order valence-electron chi connectivity index (χ2n) is 6.38. The van der Waals surface area contributed by atoms with Crippen LogP contribution in [0.4, 0.5) is 4.39 Å². The number of carbonyl (C=O) groups is 2. The van der Waals surface area contributed by atoms with Gasteiger partial charge in [0.05, 0.1) is 4.90 Å². The van der Waals surface area contributed by atoms with Crippen molar-refractivity contribution >= 4 is 33.4 Å². The quantitative estimate of drug-likeness (QED) is 0.839. The predicted octanol–water partition coefficient (Wildman–Crippen LogP) is 2.59. The Kier molecular flexibility index (Phi) is 4.96. The first-order valence-corrected chi connectivity index (χ1v) is 9.90. The molecule has 1 N–H and O–H groups in total. The van der Waals surface area contributed by atoms with Gasteiger partial charge in [0.25, 0.3) is 21.8 Å². The van der Waals surface area contributed by atoms with Crippen LogP contribution in [-0.4, -0.2) is 37.2 Å². The number of amides is 2. The summed E-state index contributed by atoms with van der Waals surface area (Å²) in [5, 5.41) is 0.211. The van der Waals surface area contributed by atoms with Crippen molar-refractivity contribution < 1.29 is 22.4 Å². The summed E-state index contributed by atoms with van der Waals surface area (Å²) < 4.78 is 40.2. The van der Waals surface area contributed by atoms with Gasteiger partial charge in [-0.05, 0) is 49.7 Å². The van der Waals surface area contributed by atoms with Gasteiger partial charge in [-0.3, -0.25) is 9.59 Å². The molecule has 1 saturated heterocycles. The molecule has 2 amide bonds. The van der Waals surface area contributed by atoms with Crippen LogP contribution in [0.3, 0.4) is 0 Å². The molecule has 2 aromatic rings. The number of sulfonamides is 1. The smallest absolute Gasteiger partial charge is 0.264 e. The summed E-state index contributed by atoms with van der Waals surface area (Å²) in [6, 6.07) is 10.6. The van der Waals surface area contributed by atoms with E-state index in [-0.39, 0.29) is 28.4 Å². The van der Waals surface area contributed by atoms with Gasteiger partial charge < -0.3 is 4.90 Å². The fraction of sp³-hybridized carbons (Fsp3) is 0.222. The van der Waals surface area contributed by atoms with Crippen LogP contribution in [-0.2, 0) is 14.8 Å². The Morgan fingerprint density at radius 3 is 2.48 bits per heavy atom. The fourth-order valence-electron chi connectivity index (χ4n) is 2.82. The Morgan fingerprint density at radius 2 is 1.89 bits per heavy atom. The molecule has 1 atom stereocenters. The van der Waals surface area contributed by atoms with E-state index in [1.807, 2.05) is 4.72 Å². The van der Waals surface area contributed by atoms with E-state index in [0.717, 1.165) is 6.07 Å². The lowest BCUT2D eigenvalue weighted by Crippen LogP contribution is -2.67. The van der Waals surface area contributed by atoms with Gasteiger partial charge in [-0.25, -0.2) is 17.5 Å². The van der Waals surface area contributed by atoms with Crippen molar-refractivity contribution in [3.05, 3.63) is 64.9 Å². The maximum Gasteiger partial charge on any atom is 0.264 e. The average molecular weight is 411 g/mol. The van der Waals surface area contributed by atoms with Crippen molar-refractivity contribution in [3.63, 3.8) is 0 Å². The SMILES string of the molecule is CC1(C(=O)NS(=O)(=O)c2cccc(Cl)c2)CCN1C(=O)c1cccc(F)c1. The van der Waals surface area contributed by atoms with E-state index in [9.17, 15) is 22.4 Å². The molecule has 0 bridgehead atoms. The van der Waals surface area contributed by atoms with Gasteiger partial charge in [-0.15, -0.1) is 0 Å². The maximum atomic E-state index is 13.4. The predicted molar refractivity (Wildman–Crippen MR) is 97.2 cm³/mol. The standard InChI is InChI=1S/C18H16ClFN2O4S/c1-18(8-9-22(18)16(23)12-4-2-6-14(20)10-12)17(24)21-27(25,26)15-7-3-5-13(19)11-15/h2-7,10-11H,8-9H2,1H3,(H,21,24). The second-order valence-corrected chi connectivity index (χ2v) is 8.50. The lowest BCUT2D eigenvalue weighted by molar-refractivity contribution is -0.135. The summed E-state index contributed by atoms with van der Waals surface area (Å²) in [6.45, 7) is 1.73. The molecule has 142 valence electrons. The Balaban J connectivity index is 1.81. The summed E-state index contributed by atoms with van der Waals surface area (Å²) in [4.78, 5) is 26.3. The van der Waals surface area contributed by atoms with Gasteiger partial charge in [0.1, 0.15) is 11.4 Å². The van der Waals surface area contributed by atoms with Gasteiger partial charge in [0.2, 0.25) is 0 Å². The van der Waals surface area contributed by atoms with E-state index in [0.29, 0.717) is 0 Å². The minimum absolute atomic E-state index is 0.0893. The molecule has 0 saturated carbocycles. The number of nitrogens with zero attached hydrogens (tertiary/aromatic N) is 1. The third kappa shape index (κ3) is 3.68. The Labute approximate surface area is 161 Å². The zero-order valence-electron chi connectivity index (χ0n) is 14.3. The zero-order valence-corrected chi connectivity index (χ0v) is 15.8. The highest BCUT2D eigenvalue weighted by atomic mass is 35.5. The molecule has 2 aromatic carbocycles. The zero-order chi connectivity index (χ0) is 19.8. The minimum atomic E-state index is -4.14. The molecule has 1 fully saturated rings. The van der Waals surface area contributed by atoms with Crippen LogP contribution in [0.1, 0.15) is 23.7 Å². The summed E-state index contributed by atoms with van der Waals surface area (Å²) in [6.07, 6.45) is 0.283. The van der Waals surface area contributed by atoms with E-state index < -0.39 is 33.2 Å². The van der Waals surface area contributed by atoms with Crippen molar-refractivity contribution in [1.29, 1.82) is 0 Å². The van der Waals surface area contributed by atoms with Crippen molar-refractivity contribution in [1.82, 2.24) is 9.62 Å². The maximum absolute atomic E-state index is 13.4. The van der Waals surface area contributed by atoms with Crippen LogP contribution in [0.2, 0.25) is 5.02 Å². The lowest BCUT2D eigenvalue weighted by Gasteiger charge is -2.48. The first kappa shape index (κ1) is 19.3. The summed E-state index contributed by atoms with van der Waals surface area (Å²) in [5.41, 5.74) is -1.26. The van der Waals surface area contributed by atoms with E-state index in [1.165, 1.54) is 54.3 Å². The van der Waals surface area contributed by atoms with Crippen LogP contribution < -0.4 is 4.72 Å². The summed E-state index contributed by atoms with van der Waals surface area (Å²) in [7, 11) is -4.14. The van der Waals surface area contributed by atoms with E-state index in [1.54, 1.807) is 0 Å². The molecule has 6 nitrogen and oxygen atoms in total. The second kappa shape index (κ2) is 6.94. The highest BCUT2D eigenvalue weighted by Crippen LogP contribution is 2.33. The topological polar surface area (TPSA) is 83.6 Å². The van der Waals surface area contributed by atoms with Crippen LogP contribution in [0.15, 0.2) is 53.4 Å². The average Bonchev–Trinajstić information content (AvgIpc) is 2.59. The Morgan fingerprint density at radius 1 is 1.19 bits per heavy atom. The molecule has 1 aliphatic heterocycles. The highest BCUT2D eigenvalue weighted by molar-refractivity contribution is 7.90. The van der Waals surface area contributed by atoms with E-state index in [2.05, 4.69) is 0 Å². The largest absolute Gasteiger partial charge is 0.324 e. The monoisotopic (exact) mass is 410 g/mol. The molecule has 0 spiro atoms. The van der Waals surface area contributed by atoms with Crippen LogP contribution in [0.25, 0.3) is 0 Å². The van der Waals surface area contributed by atoms with Gasteiger partial charge >= 0.3 is 0 Å².